The number of methoxy groups -OCH3 is 1. The Labute approximate surface area is 197 Å². The quantitative estimate of drug-likeness (QED) is 0.655. The van der Waals surface area contributed by atoms with Crippen LogP contribution in [0.15, 0.2) is 12.1 Å². The van der Waals surface area contributed by atoms with Crippen molar-refractivity contribution in [3.05, 3.63) is 34.1 Å². The van der Waals surface area contributed by atoms with E-state index < -0.39 is 17.8 Å². The van der Waals surface area contributed by atoms with Gasteiger partial charge in [-0.3, -0.25) is 9.59 Å². The smallest absolute Gasteiger partial charge is 0.377 e. The zero-order chi connectivity index (χ0) is 23.7. The molecule has 1 aliphatic heterocycles. The van der Waals surface area contributed by atoms with Crippen molar-refractivity contribution in [2.24, 2.45) is 17.8 Å². The van der Waals surface area contributed by atoms with Crippen molar-refractivity contribution in [1.29, 1.82) is 0 Å². The molecule has 11 heteroatoms. The summed E-state index contributed by atoms with van der Waals surface area (Å²) in [6, 6.07) is 2.82. The van der Waals surface area contributed by atoms with Gasteiger partial charge in [-0.2, -0.15) is 18.3 Å². The number of piperazine rings is 1. The number of halogens is 4. The lowest BCUT2D eigenvalue weighted by atomic mass is 10.1. The van der Waals surface area contributed by atoms with Crippen molar-refractivity contribution in [1.82, 2.24) is 19.4 Å². The summed E-state index contributed by atoms with van der Waals surface area (Å²) in [6.45, 7) is 0.531. The fraction of sp³-hybridized carbons (Fsp3) is 0.609. The Balaban J connectivity index is 1.15. The van der Waals surface area contributed by atoms with Gasteiger partial charge in [-0.15, -0.1) is 0 Å². The molecule has 2 amide bonds. The Morgan fingerprint density at radius 2 is 2.00 bits per heavy atom. The number of amides is 2. The molecule has 2 aromatic heterocycles. The molecule has 5 aliphatic carbocycles. The summed E-state index contributed by atoms with van der Waals surface area (Å²) in [5.74, 6) is 0.785. The first-order valence-electron chi connectivity index (χ1n) is 11.6. The normalized spacial score (nSPS) is 34.1. The fourth-order valence-electron chi connectivity index (χ4n) is 6.81. The number of hydrogen-bond donors (Lipinski definition) is 0. The SMILES string of the molecule is COC12C3CC(N4CCN(C(=O)c5nn6c(C(F)(F)F)cc(C7CC7)cc6c5Cl)CC4=O)C1C32. The number of carbonyl (C=O) groups is 2. The van der Waals surface area contributed by atoms with Crippen molar-refractivity contribution in [3.63, 3.8) is 0 Å². The summed E-state index contributed by atoms with van der Waals surface area (Å²) < 4.78 is 47.6. The van der Waals surface area contributed by atoms with Crippen LogP contribution >= 0.6 is 11.6 Å². The zero-order valence-corrected chi connectivity index (χ0v) is 19.1. The molecule has 5 saturated carbocycles. The highest BCUT2D eigenvalue weighted by Crippen LogP contribution is 2.86. The third-order valence-corrected chi connectivity index (χ3v) is 9.04. The fourth-order valence-corrected chi connectivity index (χ4v) is 7.07. The summed E-state index contributed by atoms with van der Waals surface area (Å²) in [7, 11) is 1.73. The summed E-state index contributed by atoms with van der Waals surface area (Å²) in [5, 5.41) is 3.85. The van der Waals surface area contributed by atoms with Crippen molar-refractivity contribution in [2.75, 3.05) is 26.7 Å². The third-order valence-electron chi connectivity index (χ3n) is 8.67. The van der Waals surface area contributed by atoms with E-state index in [4.69, 9.17) is 16.3 Å². The molecule has 180 valence electrons. The summed E-state index contributed by atoms with van der Waals surface area (Å²) in [6.07, 6.45) is -2.06. The average molecular weight is 495 g/mol. The molecule has 0 N–H and O–H groups in total. The van der Waals surface area contributed by atoms with E-state index in [0.717, 1.165) is 25.3 Å². The van der Waals surface area contributed by atoms with Crippen LogP contribution in [-0.2, 0) is 15.7 Å². The molecule has 2 bridgehead atoms. The number of aromatic nitrogens is 2. The van der Waals surface area contributed by atoms with E-state index >= 15 is 0 Å². The molecule has 6 fully saturated rings. The van der Waals surface area contributed by atoms with Gasteiger partial charge in [0.05, 0.1) is 16.1 Å². The molecule has 6 aliphatic rings. The van der Waals surface area contributed by atoms with Crippen LogP contribution in [0.3, 0.4) is 0 Å². The van der Waals surface area contributed by atoms with Gasteiger partial charge in [0.2, 0.25) is 5.91 Å². The highest BCUT2D eigenvalue weighted by Gasteiger charge is 2.94. The predicted octanol–water partition coefficient (Wildman–Crippen LogP) is 3.20. The lowest BCUT2D eigenvalue weighted by Gasteiger charge is -2.37. The molecule has 0 spiro atoms. The molecule has 2 aromatic rings. The van der Waals surface area contributed by atoms with Gasteiger partial charge in [-0.1, -0.05) is 11.6 Å². The number of carbonyl (C=O) groups excluding carboxylic acids is 2. The second-order valence-corrected chi connectivity index (χ2v) is 10.6. The topological polar surface area (TPSA) is 67.2 Å². The Bertz CT molecular complexity index is 1270. The molecule has 8 rings (SSSR count). The maximum atomic E-state index is 13.8. The van der Waals surface area contributed by atoms with E-state index in [-0.39, 0.29) is 52.8 Å². The maximum absolute atomic E-state index is 13.8. The monoisotopic (exact) mass is 494 g/mol. The van der Waals surface area contributed by atoms with Gasteiger partial charge >= 0.3 is 6.18 Å². The van der Waals surface area contributed by atoms with Gasteiger partial charge in [0.25, 0.3) is 5.91 Å². The number of nitrogens with zero attached hydrogens (tertiary/aromatic N) is 4. The van der Waals surface area contributed by atoms with Crippen molar-refractivity contribution >= 4 is 28.9 Å². The van der Waals surface area contributed by atoms with Crippen LogP contribution in [0, 0.1) is 17.8 Å². The lowest BCUT2D eigenvalue weighted by molar-refractivity contribution is -0.142. The first-order chi connectivity index (χ1) is 16.2. The van der Waals surface area contributed by atoms with Crippen LogP contribution < -0.4 is 0 Å². The van der Waals surface area contributed by atoms with Crippen molar-refractivity contribution < 1.29 is 27.5 Å². The molecule has 7 nitrogen and oxygen atoms in total. The summed E-state index contributed by atoms with van der Waals surface area (Å²) in [4.78, 5) is 29.4. The predicted molar refractivity (Wildman–Crippen MR) is 113 cm³/mol. The Kier molecular flexibility index (Phi) is 3.99. The molecule has 1 saturated heterocycles. The summed E-state index contributed by atoms with van der Waals surface area (Å²) in [5.41, 5.74) is -0.617. The molecular formula is C23H22ClF3N4O3. The van der Waals surface area contributed by atoms with Gasteiger partial charge < -0.3 is 14.5 Å². The molecule has 5 unspecified atom stereocenters. The molecule has 0 aromatic carbocycles. The second kappa shape index (κ2) is 6.46. The van der Waals surface area contributed by atoms with E-state index in [0.29, 0.717) is 34.4 Å². The molecule has 5 atom stereocenters. The Hall–Kier alpha value is -2.33. The van der Waals surface area contributed by atoms with Crippen LogP contribution in [0.25, 0.3) is 5.52 Å². The van der Waals surface area contributed by atoms with E-state index in [9.17, 15) is 22.8 Å². The third kappa shape index (κ3) is 2.61. The zero-order valence-electron chi connectivity index (χ0n) is 18.3. The van der Waals surface area contributed by atoms with Crippen molar-refractivity contribution in [2.45, 2.75) is 43.0 Å². The maximum Gasteiger partial charge on any atom is 0.433 e. The van der Waals surface area contributed by atoms with Gasteiger partial charge in [0.1, 0.15) is 12.2 Å². The van der Waals surface area contributed by atoms with E-state index in [1.54, 1.807) is 13.2 Å². The molecule has 34 heavy (non-hydrogen) atoms. The second-order valence-electron chi connectivity index (χ2n) is 10.2. The van der Waals surface area contributed by atoms with Crippen LogP contribution in [0.2, 0.25) is 5.02 Å². The van der Waals surface area contributed by atoms with Gasteiger partial charge in [-0.25, -0.2) is 4.52 Å². The van der Waals surface area contributed by atoms with Crippen LogP contribution in [0.5, 0.6) is 0 Å². The number of pyridine rings is 1. The van der Waals surface area contributed by atoms with E-state index in [1.165, 1.54) is 4.90 Å². The number of fused-ring (bicyclic) bond motifs is 2. The number of rotatable bonds is 4. The number of ether oxygens (including phenoxy) is 1. The highest BCUT2D eigenvalue weighted by molar-refractivity contribution is 6.36. The minimum Gasteiger partial charge on any atom is -0.377 e. The number of alkyl halides is 3. The minimum atomic E-state index is -4.65. The lowest BCUT2D eigenvalue weighted by Crippen LogP contribution is -2.55. The van der Waals surface area contributed by atoms with Gasteiger partial charge in [0.15, 0.2) is 5.69 Å². The first kappa shape index (κ1) is 21.0. The largest absolute Gasteiger partial charge is 0.433 e. The van der Waals surface area contributed by atoms with Crippen LogP contribution in [0.1, 0.15) is 46.9 Å². The standard InChI is InChI=1S/C23H22ClF3N4O3/c1-34-22-12-8-13(18(22)17(12)22)30-5-4-29(9-16(30)32)21(33)20-19(24)14-6-11(10-2-3-10)7-15(23(25,26)27)31(14)28-20/h6-7,10,12-13,17-18H,2-5,8-9H2,1H3. The number of hydrogen-bond acceptors (Lipinski definition) is 4. The van der Waals surface area contributed by atoms with Crippen LogP contribution in [0.4, 0.5) is 13.2 Å². The molecular weight excluding hydrogens is 473 g/mol. The van der Waals surface area contributed by atoms with E-state index in [2.05, 4.69) is 5.10 Å². The highest BCUT2D eigenvalue weighted by atomic mass is 35.5. The molecule has 3 heterocycles. The average Bonchev–Trinajstić information content (AvgIpc) is 3.74. The Morgan fingerprint density at radius 1 is 1.24 bits per heavy atom. The van der Waals surface area contributed by atoms with Crippen molar-refractivity contribution in [3.8, 4) is 0 Å². The van der Waals surface area contributed by atoms with Gasteiger partial charge in [0, 0.05) is 38.1 Å². The Morgan fingerprint density at radius 3 is 2.59 bits per heavy atom. The van der Waals surface area contributed by atoms with E-state index in [1.807, 2.05) is 4.90 Å². The van der Waals surface area contributed by atoms with Gasteiger partial charge in [-0.05, 0) is 48.8 Å². The minimum absolute atomic E-state index is 0.0164. The first-order valence-corrected chi connectivity index (χ1v) is 12.0. The summed E-state index contributed by atoms with van der Waals surface area (Å²) >= 11 is 6.41. The van der Waals surface area contributed by atoms with Crippen LogP contribution in [-0.4, -0.2) is 69.6 Å². The molecule has 0 radical (unpaired) electrons.